The molecular formula is C8H9N3O3. The van der Waals surface area contributed by atoms with E-state index >= 15 is 0 Å². The van der Waals surface area contributed by atoms with Crippen molar-refractivity contribution in [3.63, 3.8) is 0 Å². The number of rotatable bonds is 1. The average molecular weight is 195 g/mol. The number of para-hydroxylation sites is 1. The first-order chi connectivity index (χ1) is 6.68. The number of hydrogen-bond acceptors (Lipinski definition) is 3. The summed E-state index contributed by atoms with van der Waals surface area (Å²) in [6, 6.07) is 8.52. The maximum Gasteiger partial charge on any atom is 0.465 e. The van der Waals surface area contributed by atoms with Gasteiger partial charge in [-0.1, -0.05) is 18.2 Å². The summed E-state index contributed by atoms with van der Waals surface area (Å²) in [7, 11) is 0. The van der Waals surface area contributed by atoms with E-state index < -0.39 is 6.03 Å². The molecule has 1 aromatic carbocycles. The molecule has 0 aromatic heterocycles. The normalized spacial score (nSPS) is 11.3. The summed E-state index contributed by atoms with van der Waals surface area (Å²) < 4.78 is 0. The molecule has 1 aromatic rings. The van der Waals surface area contributed by atoms with Gasteiger partial charge in [0.25, 0.3) is 0 Å². The van der Waals surface area contributed by atoms with E-state index in [1.165, 1.54) is 0 Å². The third kappa shape index (κ3) is 4.60. The van der Waals surface area contributed by atoms with Crippen LogP contribution in [0.3, 0.4) is 0 Å². The van der Waals surface area contributed by atoms with E-state index in [0.717, 1.165) is 5.69 Å². The van der Waals surface area contributed by atoms with Crippen LogP contribution in [-0.4, -0.2) is 12.1 Å². The number of benzene rings is 1. The van der Waals surface area contributed by atoms with Crippen LogP contribution in [0.2, 0.25) is 0 Å². The molecule has 1 fully saturated rings. The van der Waals surface area contributed by atoms with E-state index in [2.05, 4.69) is 10.2 Å². The Bertz CT molecular complexity index is 320. The maximum atomic E-state index is 10.3. The zero-order valence-corrected chi connectivity index (χ0v) is 7.19. The van der Waals surface area contributed by atoms with Crippen LogP contribution in [0.15, 0.2) is 30.3 Å². The number of urea groups is 1. The summed E-state index contributed by atoms with van der Waals surface area (Å²) in [5.41, 5.74) is 7.55. The Morgan fingerprint density at radius 2 is 1.86 bits per heavy atom. The van der Waals surface area contributed by atoms with Gasteiger partial charge in [-0.3, -0.25) is 0 Å². The van der Waals surface area contributed by atoms with Crippen molar-refractivity contribution < 1.29 is 14.4 Å². The van der Waals surface area contributed by atoms with Crippen molar-refractivity contribution in [1.82, 2.24) is 5.48 Å². The minimum Gasteiger partial charge on any atom is -0.351 e. The highest BCUT2D eigenvalue weighted by molar-refractivity contribution is 5.87. The number of primary amides is 1. The van der Waals surface area contributed by atoms with Gasteiger partial charge in [-0.05, 0) is 12.1 Å². The smallest absolute Gasteiger partial charge is 0.351 e. The minimum absolute atomic E-state index is 0.333. The molecule has 0 unspecified atom stereocenters. The third-order valence-electron chi connectivity index (χ3n) is 1.23. The number of amides is 3. The molecule has 0 saturated carbocycles. The van der Waals surface area contributed by atoms with Crippen LogP contribution < -0.4 is 16.5 Å². The highest BCUT2D eigenvalue weighted by Gasteiger charge is 2.14. The first kappa shape index (κ1) is 9.85. The van der Waals surface area contributed by atoms with Crippen LogP contribution in [0.4, 0.5) is 15.3 Å². The molecule has 0 atom stereocenters. The molecule has 3 amide bonds. The van der Waals surface area contributed by atoms with Gasteiger partial charge in [0.05, 0.1) is 0 Å². The fraction of sp³-hybridized carbons (Fsp3) is 0. The van der Waals surface area contributed by atoms with Gasteiger partial charge in [0.15, 0.2) is 0 Å². The van der Waals surface area contributed by atoms with Gasteiger partial charge in [0.1, 0.15) is 0 Å². The van der Waals surface area contributed by atoms with Crippen molar-refractivity contribution in [2.75, 3.05) is 5.32 Å². The van der Waals surface area contributed by atoms with Crippen LogP contribution in [0.25, 0.3) is 0 Å². The largest absolute Gasteiger partial charge is 0.465 e. The predicted molar refractivity (Wildman–Crippen MR) is 49.3 cm³/mol. The summed E-state index contributed by atoms with van der Waals surface area (Å²) in [6.07, 6.45) is -0.333. The molecule has 0 aliphatic carbocycles. The van der Waals surface area contributed by atoms with Crippen molar-refractivity contribution in [1.29, 1.82) is 0 Å². The van der Waals surface area contributed by atoms with E-state index in [1.807, 2.05) is 23.7 Å². The van der Waals surface area contributed by atoms with Gasteiger partial charge < -0.3 is 15.9 Å². The van der Waals surface area contributed by atoms with E-state index in [-0.39, 0.29) is 6.09 Å². The van der Waals surface area contributed by atoms with Gasteiger partial charge in [0, 0.05) is 5.69 Å². The summed E-state index contributed by atoms with van der Waals surface area (Å²) in [6.45, 7) is 0. The first-order valence-electron chi connectivity index (χ1n) is 3.77. The van der Waals surface area contributed by atoms with Gasteiger partial charge in [-0.25, -0.2) is 9.59 Å². The summed E-state index contributed by atoms with van der Waals surface area (Å²) >= 11 is 0. The monoisotopic (exact) mass is 195 g/mol. The highest BCUT2D eigenvalue weighted by atomic mass is 16.8. The van der Waals surface area contributed by atoms with Crippen LogP contribution >= 0.6 is 0 Å². The zero-order chi connectivity index (χ0) is 10.4. The molecule has 4 N–H and O–H groups in total. The number of hydrogen-bond donors (Lipinski definition) is 3. The zero-order valence-electron chi connectivity index (χ0n) is 7.19. The lowest BCUT2D eigenvalue weighted by Gasteiger charge is -1.97. The quantitative estimate of drug-likeness (QED) is 0.577. The molecule has 6 nitrogen and oxygen atoms in total. The lowest BCUT2D eigenvalue weighted by Crippen LogP contribution is -2.18. The number of carbonyl (C=O) groups is 2. The lowest BCUT2D eigenvalue weighted by atomic mass is 10.3. The topological polar surface area (TPSA) is 107 Å². The Labute approximate surface area is 80.0 Å². The maximum absolute atomic E-state index is 10.3. The Morgan fingerprint density at radius 1 is 1.36 bits per heavy atom. The van der Waals surface area contributed by atoms with Crippen molar-refractivity contribution in [2.45, 2.75) is 0 Å². The second kappa shape index (κ2) is 4.70. The van der Waals surface area contributed by atoms with Crippen molar-refractivity contribution >= 4 is 17.8 Å². The fourth-order valence-electron chi connectivity index (χ4n) is 0.685. The molecule has 0 bridgehead atoms. The lowest BCUT2D eigenvalue weighted by molar-refractivity contribution is 0.247. The molecule has 1 saturated heterocycles. The Balaban J connectivity index is 0.000000203. The Morgan fingerprint density at radius 3 is 2.21 bits per heavy atom. The second-order valence-corrected chi connectivity index (χ2v) is 2.35. The molecule has 0 radical (unpaired) electrons. The average Bonchev–Trinajstić information content (AvgIpc) is 2.89. The molecule has 14 heavy (non-hydrogen) atoms. The molecule has 0 spiro atoms. The van der Waals surface area contributed by atoms with Crippen LogP contribution in [0.5, 0.6) is 0 Å². The van der Waals surface area contributed by atoms with E-state index in [0.29, 0.717) is 0 Å². The molecular weight excluding hydrogens is 186 g/mol. The van der Waals surface area contributed by atoms with Crippen LogP contribution in [0, 0.1) is 0 Å². The Hall–Kier alpha value is -2.24. The van der Waals surface area contributed by atoms with E-state index in [4.69, 9.17) is 5.73 Å². The number of nitrogens with one attached hydrogen (secondary N) is 2. The van der Waals surface area contributed by atoms with Crippen molar-refractivity contribution in [2.24, 2.45) is 5.73 Å². The number of carbonyl (C=O) groups excluding carboxylic acids is 2. The number of nitrogens with two attached hydrogens (primary N) is 1. The summed E-state index contributed by atoms with van der Waals surface area (Å²) in [4.78, 5) is 23.3. The van der Waals surface area contributed by atoms with Gasteiger partial charge in [-0.15, -0.1) is 5.48 Å². The molecule has 74 valence electrons. The van der Waals surface area contributed by atoms with Gasteiger partial charge >= 0.3 is 12.1 Å². The molecule has 1 heterocycles. The van der Waals surface area contributed by atoms with Gasteiger partial charge in [-0.2, -0.15) is 0 Å². The molecule has 1 aliphatic heterocycles. The Kier molecular flexibility index (Phi) is 3.31. The summed E-state index contributed by atoms with van der Waals surface area (Å²) in [5, 5.41) is 2.44. The van der Waals surface area contributed by atoms with Crippen molar-refractivity contribution in [3.8, 4) is 0 Å². The van der Waals surface area contributed by atoms with Gasteiger partial charge in [0.2, 0.25) is 0 Å². The highest BCUT2D eigenvalue weighted by Crippen LogP contribution is 2.03. The number of hydroxylamine groups is 1. The standard InChI is InChI=1S/C7H8N2O.CHNO2/c8-7(10)9-6-4-2-1-3-5-6;3-1-2-4-1/h1-5H,(H3,8,9,10);(H,2,3). The summed E-state index contributed by atoms with van der Waals surface area (Å²) in [5.74, 6) is 0. The minimum atomic E-state index is -0.536. The second-order valence-electron chi connectivity index (χ2n) is 2.35. The van der Waals surface area contributed by atoms with Crippen LogP contribution in [0.1, 0.15) is 0 Å². The molecule has 6 heteroatoms. The SMILES string of the molecule is NC(=O)Nc1ccccc1.O=C1NO1. The van der Waals surface area contributed by atoms with E-state index in [1.54, 1.807) is 12.1 Å². The fourth-order valence-corrected chi connectivity index (χ4v) is 0.685. The number of anilines is 1. The predicted octanol–water partition coefficient (Wildman–Crippen LogP) is 0.818. The molecule has 1 aliphatic rings. The molecule has 2 rings (SSSR count). The third-order valence-corrected chi connectivity index (χ3v) is 1.23. The van der Waals surface area contributed by atoms with Crippen LogP contribution in [-0.2, 0) is 4.84 Å². The first-order valence-corrected chi connectivity index (χ1v) is 3.77. The van der Waals surface area contributed by atoms with E-state index in [9.17, 15) is 9.59 Å². The van der Waals surface area contributed by atoms with Crippen molar-refractivity contribution in [3.05, 3.63) is 30.3 Å².